The van der Waals surface area contributed by atoms with Gasteiger partial charge in [-0.25, -0.2) is 4.39 Å². The topological polar surface area (TPSA) is 61.4 Å². The lowest BCUT2D eigenvalue weighted by Gasteiger charge is -2.18. The van der Waals surface area contributed by atoms with E-state index in [0.717, 1.165) is 29.9 Å². The van der Waals surface area contributed by atoms with Crippen LogP contribution in [0.4, 0.5) is 15.8 Å². The summed E-state index contributed by atoms with van der Waals surface area (Å²) in [5.41, 5.74) is 2.98. The van der Waals surface area contributed by atoms with Crippen molar-refractivity contribution < 1.29 is 14.0 Å². The Morgan fingerprint density at radius 1 is 0.963 bits per heavy atom. The third-order valence-corrected chi connectivity index (χ3v) is 4.32. The number of benzene rings is 2. The summed E-state index contributed by atoms with van der Waals surface area (Å²) < 4.78 is 12.9. The van der Waals surface area contributed by atoms with E-state index in [1.807, 2.05) is 31.7 Å². The minimum absolute atomic E-state index is 0.0603. The summed E-state index contributed by atoms with van der Waals surface area (Å²) in [5, 5.41) is 5.73. The number of likely N-dealkylation sites (N-methyl/N-ethyl adjacent to an activating group) is 1. The van der Waals surface area contributed by atoms with Crippen molar-refractivity contribution in [1.82, 2.24) is 4.90 Å². The van der Waals surface area contributed by atoms with Crippen molar-refractivity contribution >= 4 is 23.2 Å². The molecule has 0 aliphatic heterocycles. The fourth-order valence-corrected chi connectivity index (χ4v) is 2.71. The molecule has 0 fully saturated rings. The molecule has 0 aliphatic rings. The van der Waals surface area contributed by atoms with Crippen molar-refractivity contribution in [1.29, 1.82) is 0 Å². The molecule has 5 nitrogen and oxygen atoms in total. The zero-order valence-electron chi connectivity index (χ0n) is 16.0. The van der Waals surface area contributed by atoms with Gasteiger partial charge in [0, 0.05) is 11.4 Å². The molecule has 2 aromatic carbocycles. The number of hydrogen-bond donors (Lipinski definition) is 2. The van der Waals surface area contributed by atoms with E-state index in [9.17, 15) is 14.0 Å². The van der Waals surface area contributed by atoms with Crippen LogP contribution in [0.5, 0.6) is 0 Å². The Labute approximate surface area is 159 Å². The second-order valence-corrected chi connectivity index (χ2v) is 6.39. The van der Waals surface area contributed by atoms with Crippen molar-refractivity contribution in [2.75, 3.05) is 30.3 Å². The van der Waals surface area contributed by atoms with Crippen LogP contribution in [0.25, 0.3) is 0 Å². The van der Waals surface area contributed by atoms with Crippen LogP contribution in [0.2, 0.25) is 0 Å². The number of anilines is 2. The number of rotatable bonds is 8. The van der Waals surface area contributed by atoms with Gasteiger partial charge in [-0.1, -0.05) is 26.0 Å². The number of carbonyl (C=O) groups is 2. The number of aryl methyl sites for hydroxylation is 1. The average Bonchev–Trinajstić information content (AvgIpc) is 2.64. The lowest BCUT2D eigenvalue weighted by molar-refractivity contribution is -0.117. The standard InChI is InChI=1S/C21H26FN3O2/c1-4-25(5-2)14-21(27)24-19-11-10-18(12-15(19)3)23-20(26)13-16-6-8-17(22)9-7-16/h6-12H,4-5,13-14H2,1-3H3,(H,23,26)(H,24,27). The first-order valence-electron chi connectivity index (χ1n) is 9.08. The third-order valence-electron chi connectivity index (χ3n) is 4.32. The fraction of sp³-hybridized carbons (Fsp3) is 0.333. The van der Waals surface area contributed by atoms with Crippen LogP contribution in [0, 0.1) is 12.7 Å². The Bertz CT molecular complexity index is 787. The highest BCUT2D eigenvalue weighted by Crippen LogP contribution is 2.20. The molecule has 27 heavy (non-hydrogen) atoms. The maximum atomic E-state index is 12.9. The molecule has 0 atom stereocenters. The molecule has 2 aromatic rings. The normalized spacial score (nSPS) is 10.7. The van der Waals surface area contributed by atoms with Crippen molar-refractivity contribution in [3.63, 3.8) is 0 Å². The van der Waals surface area contributed by atoms with Gasteiger partial charge >= 0.3 is 0 Å². The molecular weight excluding hydrogens is 345 g/mol. The van der Waals surface area contributed by atoms with E-state index in [-0.39, 0.29) is 24.1 Å². The van der Waals surface area contributed by atoms with Gasteiger partial charge in [-0.05, 0) is 61.5 Å². The van der Waals surface area contributed by atoms with Gasteiger partial charge in [0.05, 0.1) is 13.0 Å². The largest absolute Gasteiger partial charge is 0.326 e. The molecule has 144 valence electrons. The maximum absolute atomic E-state index is 12.9. The Morgan fingerprint density at radius 3 is 2.22 bits per heavy atom. The van der Waals surface area contributed by atoms with Gasteiger partial charge < -0.3 is 10.6 Å². The molecule has 0 spiro atoms. The second-order valence-electron chi connectivity index (χ2n) is 6.39. The van der Waals surface area contributed by atoms with E-state index in [4.69, 9.17) is 0 Å². The molecule has 0 saturated heterocycles. The summed E-state index contributed by atoms with van der Waals surface area (Å²) in [6.45, 7) is 7.91. The Morgan fingerprint density at radius 2 is 1.63 bits per heavy atom. The minimum atomic E-state index is -0.326. The van der Waals surface area contributed by atoms with E-state index in [1.54, 1.807) is 24.3 Å². The van der Waals surface area contributed by atoms with Gasteiger partial charge in [-0.2, -0.15) is 0 Å². The highest BCUT2D eigenvalue weighted by atomic mass is 19.1. The number of nitrogens with one attached hydrogen (secondary N) is 2. The summed E-state index contributed by atoms with van der Waals surface area (Å²) in [6, 6.07) is 11.2. The van der Waals surface area contributed by atoms with Crippen LogP contribution < -0.4 is 10.6 Å². The van der Waals surface area contributed by atoms with Crippen molar-refractivity contribution in [2.45, 2.75) is 27.2 Å². The van der Waals surface area contributed by atoms with E-state index >= 15 is 0 Å². The molecule has 2 N–H and O–H groups in total. The number of hydrogen-bond acceptors (Lipinski definition) is 3. The van der Waals surface area contributed by atoms with Crippen LogP contribution in [-0.2, 0) is 16.0 Å². The first-order chi connectivity index (χ1) is 12.9. The summed E-state index contributed by atoms with van der Waals surface area (Å²) in [4.78, 5) is 26.3. The van der Waals surface area contributed by atoms with E-state index < -0.39 is 0 Å². The molecule has 2 rings (SSSR count). The van der Waals surface area contributed by atoms with E-state index in [2.05, 4.69) is 10.6 Å². The highest BCUT2D eigenvalue weighted by molar-refractivity contribution is 5.95. The first kappa shape index (κ1) is 20.6. The van der Waals surface area contributed by atoms with Crippen LogP contribution in [0.3, 0.4) is 0 Å². The molecule has 2 amide bonds. The third kappa shape index (κ3) is 6.49. The molecule has 0 heterocycles. The minimum Gasteiger partial charge on any atom is -0.326 e. The monoisotopic (exact) mass is 371 g/mol. The lowest BCUT2D eigenvalue weighted by atomic mass is 10.1. The molecule has 0 aromatic heterocycles. The molecular formula is C21H26FN3O2. The van der Waals surface area contributed by atoms with E-state index in [1.165, 1.54) is 12.1 Å². The molecule has 0 radical (unpaired) electrons. The molecule has 6 heteroatoms. The van der Waals surface area contributed by atoms with Crippen LogP contribution in [-0.4, -0.2) is 36.3 Å². The fourth-order valence-electron chi connectivity index (χ4n) is 2.71. The highest BCUT2D eigenvalue weighted by Gasteiger charge is 2.10. The SMILES string of the molecule is CCN(CC)CC(=O)Nc1ccc(NC(=O)Cc2ccc(F)cc2)cc1C. The van der Waals surface area contributed by atoms with Gasteiger partial charge in [0.2, 0.25) is 11.8 Å². The zero-order valence-corrected chi connectivity index (χ0v) is 16.0. The maximum Gasteiger partial charge on any atom is 0.238 e. The van der Waals surface area contributed by atoms with Gasteiger partial charge in [-0.3, -0.25) is 14.5 Å². The summed E-state index contributed by atoms with van der Waals surface area (Å²) in [5.74, 6) is -0.567. The summed E-state index contributed by atoms with van der Waals surface area (Å²) in [7, 11) is 0. The van der Waals surface area contributed by atoms with Gasteiger partial charge in [-0.15, -0.1) is 0 Å². The first-order valence-corrected chi connectivity index (χ1v) is 9.08. The number of carbonyl (C=O) groups excluding carboxylic acids is 2. The zero-order chi connectivity index (χ0) is 19.8. The Balaban J connectivity index is 1.94. The molecule has 0 bridgehead atoms. The van der Waals surface area contributed by atoms with E-state index in [0.29, 0.717) is 12.2 Å². The lowest BCUT2D eigenvalue weighted by Crippen LogP contribution is -2.33. The van der Waals surface area contributed by atoms with Gasteiger partial charge in [0.25, 0.3) is 0 Å². The predicted molar refractivity (Wildman–Crippen MR) is 106 cm³/mol. The van der Waals surface area contributed by atoms with Crippen molar-refractivity contribution in [3.05, 3.63) is 59.4 Å². The molecule has 0 saturated carbocycles. The van der Waals surface area contributed by atoms with Gasteiger partial charge in [0.1, 0.15) is 5.82 Å². The number of amides is 2. The van der Waals surface area contributed by atoms with Crippen molar-refractivity contribution in [3.8, 4) is 0 Å². The molecule has 0 aliphatic carbocycles. The van der Waals surface area contributed by atoms with Crippen LogP contribution >= 0.6 is 0 Å². The summed E-state index contributed by atoms with van der Waals surface area (Å²) in [6.07, 6.45) is 0.168. The predicted octanol–water partition coefficient (Wildman–Crippen LogP) is 3.60. The van der Waals surface area contributed by atoms with Gasteiger partial charge in [0.15, 0.2) is 0 Å². The van der Waals surface area contributed by atoms with Crippen LogP contribution in [0.1, 0.15) is 25.0 Å². The second kappa shape index (κ2) is 9.83. The Kier molecular flexibility index (Phi) is 7.49. The summed E-state index contributed by atoms with van der Waals surface area (Å²) >= 11 is 0. The van der Waals surface area contributed by atoms with Crippen molar-refractivity contribution in [2.24, 2.45) is 0 Å². The molecule has 0 unspecified atom stereocenters. The number of nitrogens with zero attached hydrogens (tertiary/aromatic N) is 1. The average molecular weight is 371 g/mol. The smallest absolute Gasteiger partial charge is 0.238 e. The number of halogens is 1. The Hall–Kier alpha value is -2.73. The van der Waals surface area contributed by atoms with Crippen LogP contribution in [0.15, 0.2) is 42.5 Å². The quantitative estimate of drug-likeness (QED) is 0.745.